The van der Waals surface area contributed by atoms with Crippen LogP contribution < -0.4 is 27.4 Å². The summed E-state index contributed by atoms with van der Waals surface area (Å²) < 4.78 is 14.4. The predicted octanol–water partition coefficient (Wildman–Crippen LogP) is -0.659. The number of unbranched alkanes of at least 4 members (excludes halogenated alkanes) is 2. The Labute approximate surface area is 284 Å². The first-order valence-corrected chi connectivity index (χ1v) is 16.1. The van der Waals surface area contributed by atoms with E-state index in [1.165, 1.54) is 12.7 Å². The predicted molar refractivity (Wildman–Crippen MR) is 183 cm³/mol. The number of nitrogens with one attached hydrogen (secondary N) is 3. The van der Waals surface area contributed by atoms with Crippen molar-refractivity contribution in [3.05, 3.63) is 25.3 Å². The van der Waals surface area contributed by atoms with E-state index in [9.17, 15) is 14.4 Å². The Bertz CT molecular complexity index is 1580. The fourth-order valence-electron chi connectivity index (χ4n) is 4.42. The zero-order valence-electron chi connectivity index (χ0n) is 28.2. The van der Waals surface area contributed by atoms with Crippen molar-refractivity contribution in [3.63, 3.8) is 0 Å². The Hall–Kier alpha value is -5.01. The van der Waals surface area contributed by atoms with Gasteiger partial charge in [-0.15, -0.1) is 0 Å². The molecule has 0 aromatic carbocycles. The highest BCUT2D eigenvalue weighted by molar-refractivity contribution is 5.82. The maximum atomic E-state index is 11.9. The maximum Gasteiger partial charge on any atom is 0.221 e. The van der Waals surface area contributed by atoms with Gasteiger partial charge in [0.25, 0.3) is 0 Å². The molecule has 19 nitrogen and oxygen atoms in total. The first kappa shape index (κ1) is 38.4. The zero-order chi connectivity index (χ0) is 35.3. The molecule has 268 valence electrons. The molecule has 19 heteroatoms. The van der Waals surface area contributed by atoms with E-state index in [1.54, 1.807) is 17.2 Å². The van der Waals surface area contributed by atoms with E-state index in [4.69, 9.17) is 20.9 Å². The molecular formula is C30H48N14O5. The number of hydrogen-bond acceptors (Lipinski definition) is 14. The summed E-state index contributed by atoms with van der Waals surface area (Å²) in [5, 5.41) is 8.28. The van der Waals surface area contributed by atoms with Crippen LogP contribution in [0.5, 0.6) is 0 Å². The molecule has 0 radical (unpaired) electrons. The number of hydrogen-bond donors (Lipinski definition) is 5. The number of anilines is 2. The van der Waals surface area contributed by atoms with Crippen molar-refractivity contribution < 1.29 is 23.9 Å². The molecule has 0 fully saturated rings. The summed E-state index contributed by atoms with van der Waals surface area (Å²) in [6, 6.07) is 0. The Morgan fingerprint density at radius 2 is 1.33 bits per heavy atom. The highest BCUT2D eigenvalue weighted by atomic mass is 16.5. The molecule has 0 bridgehead atoms. The molecule has 0 aliphatic heterocycles. The lowest BCUT2D eigenvalue weighted by molar-refractivity contribution is -0.122. The molecule has 0 spiro atoms. The molecule has 3 amide bonds. The number of nitrogens with two attached hydrogens (primary N) is 2. The molecule has 0 aliphatic carbocycles. The van der Waals surface area contributed by atoms with Crippen molar-refractivity contribution >= 4 is 52.2 Å². The number of nitrogen functional groups attached to an aromatic ring is 2. The number of aryl methyl sites for hydroxylation is 1. The minimum absolute atomic E-state index is 0.0203. The molecule has 4 rings (SSSR count). The summed E-state index contributed by atoms with van der Waals surface area (Å²) in [5.74, 6) is 0.648. The van der Waals surface area contributed by atoms with Gasteiger partial charge in [0.05, 0.1) is 39.1 Å². The quantitative estimate of drug-likeness (QED) is 0.0510. The third-order valence-corrected chi connectivity index (χ3v) is 7.05. The van der Waals surface area contributed by atoms with Gasteiger partial charge in [0.15, 0.2) is 22.9 Å². The molecule has 0 saturated heterocycles. The number of nitrogens with zero attached hydrogens (tertiary/aromatic N) is 9. The van der Waals surface area contributed by atoms with Crippen LogP contribution in [0.15, 0.2) is 25.3 Å². The number of likely N-dealkylation sites (N-methyl/N-ethyl adjacent to an activating group) is 1. The number of amides is 3. The van der Waals surface area contributed by atoms with Crippen LogP contribution >= 0.6 is 0 Å². The van der Waals surface area contributed by atoms with E-state index in [1.807, 2.05) is 18.7 Å². The summed E-state index contributed by atoms with van der Waals surface area (Å²) in [4.78, 5) is 60.2. The molecule has 7 N–H and O–H groups in total. The van der Waals surface area contributed by atoms with Gasteiger partial charge in [-0.1, -0.05) is 6.42 Å². The van der Waals surface area contributed by atoms with Crippen LogP contribution in [0.25, 0.3) is 22.3 Å². The molecular weight excluding hydrogens is 636 g/mol. The van der Waals surface area contributed by atoms with Crippen LogP contribution in [0.3, 0.4) is 0 Å². The largest absolute Gasteiger partial charge is 0.382 e. The van der Waals surface area contributed by atoms with Gasteiger partial charge < -0.3 is 50.9 Å². The number of carbonyl (C=O) groups excluding carboxylic acids is 3. The second-order valence-corrected chi connectivity index (χ2v) is 11.1. The van der Waals surface area contributed by atoms with Crippen LogP contribution in [0.4, 0.5) is 11.6 Å². The lowest BCUT2D eigenvalue weighted by atomic mass is 10.2. The van der Waals surface area contributed by atoms with Gasteiger partial charge in [-0.2, -0.15) is 0 Å². The van der Waals surface area contributed by atoms with E-state index in [2.05, 4.69) is 50.8 Å². The molecule has 4 aromatic heterocycles. The summed E-state index contributed by atoms with van der Waals surface area (Å²) in [6.07, 6.45) is 10.1. The monoisotopic (exact) mass is 684 g/mol. The Balaban J connectivity index is 0.000000267. The number of imidazole rings is 2. The highest BCUT2D eigenvalue weighted by Crippen LogP contribution is 2.15. The zero-order valence-corrected chi connectivity index (χ0v) is 28.2. The van der Waals surface area contributed by atoms with Crippen LogP contribution in [-0.2, 0) is 36.9 Å². The molecule has 0 atom stereocenters. The highest BCUT2D eigenvalue weighted by Gasteiger charge is 2.10. The van der Waals surface area contributed by atoms with Crippen LogP contribution in [-0.4, -0.2) is 129 Å². The van der Waals surface area contributed by atoms with Crippen molar-refractivity contribution in [1.82, 2.24) is 59.9 Å². The normalized spacial score (nSPS) is 11.0. The van der Waals surface area contributed by atoms with E-state index >= 15 is 0 Å². The van der Waals surface area contributed by atoms with Gasteiger partial charge in [0, 0.05) is 52.1 Å². The minimum Gasteiger partial charge on any atom is -0.382 e. The lowest BCUT2D eigenvalue weighted by Gasteiger charge is -2.10. The first-order chi connectivity index (χ1) is 23.8. The topological polar surface area (TPSA) is 248 Å². The van der Waals surface area contributed by atoms with Crippen LogP contribution in [0, 0.1) is 0 Å². The second kappa shape index (κ2) is 21.8. The average molecular weight is 685 g/mol. The minimum atomic E-state index is -0.0558. The number of fused-ring (bicyclic) bond motifs is 2. The molecule has 0 aliphatic rings. The Morgan fingerprint density at radius 3 is 1.96 bits per heavy atom. The fourth-order valence-corrected chi connectivity index (χ4v) is 4.42. The van der Waals surface area contributed by atoms with Gasteiger partial charge in [0.2, 0.25) is 18.2 Å². The number of carbonyl (C=O) groups is 3. The molecule has 49 heavy (non-hydrogen) atoms. The van der Waals surface area contributed by atoms with Gasteiger partial charge >= 0.3 is 0 Å². The van der Waals surface area contributed by atoms with Crippen molar-refractivity contribution in [3.8, 4) is 0 Å². The molecule has 4 heterocycles. The van der Waals surface area contributed by atoms with E-state index in [-0.39, 0.29) is 11.8 Å². The lowest BCUT2D eigenvalue weighted by Crippen LogP contribution is -2.28. The van der Waals surface area contributed by atoms with Crippen molar-refractivity contribution in [2.45, 2.75) is 45.2 Å². The number of rotatable bonds is 22. The second-order valence-electron chi connectivity index (χ2n) is 11.1. The Kier molecular flexibility index (Phi) is 17.1. The summed E-state index contributed by atoms with van der Waals surface area (Å²) >= 11 is 0. The van der Waals surface area contributed by atoms with Crippen LogP contribution in [0.1, 0.15) is 32.1 Å². The fraction of sp³-hybridized carbons (Fsp3) is 0.567. The van der Waals surface area contributed by atoms with E-state index in [0.29, 0.717) is 112 Å². The van der Waals surface area contributed by atoms with Gasteiger partial charge in [-0.05, 0) is 26.9 Å². The molecule has 4 aromatic rings. The standard InChI is InChI=1S/C16H27N7O3.C14H21N7O2/c1-22(2)6-8-26-10-9-25-7-4-18-13(24)3-5-23-12-21-14-15(17)19-11-20-16(14)23;15-13-12-14(19-8-18-13)21(9-20-12)7-6-17-11(23)4-2-1-3-5-16-10-22/h11-12H,3-10H2,1-2H3,(H,18,24)(H2,17,19,20);8-10H,1-7H2,(H,16,22)(H,17,23)(H2,15,18,19). The van der Waals surface area contributed by atoms with E-state index in [0.717, 1.165) is 25.8 Å². The number of aromatic nitrogens is 8. The third kappa shape index (κ3) is 13.9. The third-order valence-electron chi connectivity index (χ3n) is 7.05. The van der Waals surface area contributed by atoms with Gasteiger partial charge in [-0.3, -0.25) is 14.4 Å². The summed E-state index contributed by atoms with van der Waals surface area (Å²) in [5.41, 5.74) is 13.9. The molecule has 0 saturated carbocycles. The van der Waals surface area contributed by atoms with Crippen LogP contribution in [0.2, 0.25) is 0 Å². The number of ether oxygens (including phenoxy) is 2. The maximum absolute atomic E-state index is 11.9. The van der Waals surface area contributed by atoms with Crippen molar-refractivity contribution in [2.24, 2.45) is 0 Å². The van der Waals surface area contributed by atoms with Crippen molar-refractivity contribution in [1.29, 1.82) is 0 Å². The summed E-state index contributed by atoms with van der Waals surface area (Å²) in [7, 11) is 4.00. The smallest absolute Gasteiger partial charge is 0.221 e. The Morgan fingerprint density at radius 1 is 0.735 bits per heavy atom. The SMILES string of the molecule is CN(C)CCOCCOCCNC(=O)CCn1cnc2c(N)ncnc21.Nc1ncnc2c1ncn2CCNC(=O)CCCCCNC=O. The summed E-state index contributed by atoms with van der Waals surface area (Å²) in [6.45, 7) is 5.78. The van der Waals surface area contributed by atoms with E-state index < -0.39 is 0 Å². The first-order valence-electron chi connectivity index (χ1n) is 16.1. The van der Waals surface area contributed by atoms with Gasteiger partial charge in [0.1, 0.15) is 23.7 Å². The van der Waals surface area contributed by atoms with Gasteiger partial charge in [-0.25, -0.2) is 29.9 Å². The van der Waals surface area contributed by atoms with Crippen molar-refractivity contribution in [2.75, 3.05) is 78.2 Å². The average Bonchev–Trinajstić information content (AvgIpc) is 3.70. The molecule has 0 unspecified atom stereocenters.